The molecule has 2 nitrogen and oxygen atoms in total. The van der Waals surface area contributed by atoms with Gasteiger partial charge in [0.15, 0.2) is 5.17 Å². The van der Waals surface area contributed by atoms with E-state index in [0.29, 0.717) is 11.5 Å². The molecule has 1 aliphatic heterocycles. The monoisotopic (exact) mass is 280 g/mol. The van der Waals surface area contributed by atoms with Crippen molar-refractivity contribution in [2.24, 2.45) is 10.4 Å². The Morgan fingerprint density at radius 2 is 1.63 bits per heavy atom. The number of thioether (sulfide) groups is 1. The van der Waals surface area contributed by atoms with Crippen LogP contribution in [0.15, 0.2) is 4.99 Å². The third-order valence-corrected chi connectivity index (χ3v) is 6.45. The zero-order valence-electron chi connectivity index (χ0n) is 12.1. The molecule has 0 bridgehead atoms. The molecule has 2 aliphatic carbocycles. The SMILES string of the molecule is C1CCCC(NC2=NCC3(CCCC3)CS2)CCC1. The van der Waals surface area contributed by atoms with Crippen LogP contribution in [0, 0.1) is 5.41 Å². The molecule has 1 heterocycles. The first kappa shape index (κ1) is 13.8. The van der Waals surface area contributed by atoms with E-state index in [9.17, 15) is 0 Å². The summed E-state index contributed by atoms with van der Waals surface area (Å²) >= 11 is 2.00. The second kappa shape index (κ2) is 6.51. The number of rotatable bonds is 1. The molecule has 0 atom stereocenters. The lowest BCUT2D eigenvalue weighted by atomic mass is 9.89. The molecule has 2 saturated carbocycles. The first-order valence-corrected chi connectivity index (χ1v) is 9.29. The highest BCUT2D eigenvalue weighted by atomic mass is 32.2. The summed E-state index contributed by atoms with van der Waals surface area (Å²) < 4.78 is 0. The maximum absolute atomic E-state index is 4.88. The van der Waals surface area contributed by atoms with Gasteiger partial charge in [0.2, 0.25) is 0 Å². The van der Waals surface area contributed by atoms with Gasteiger partial charge in [-0.05, 0) is 31.1 Å². The minimum absolute atomic E-state index is 0.580. The minimum atomic E-state index is 0.580. The van der Waals surface area contributed by atoms with Crippen molar-refractivity contribution in [3.8, 4) is 0 Å². The van der Waals surface area contributed by atoms with E-state index in [2.05, 4.69) is 5.32 Å². The molecule has 1 spiro atoms. The summed E-state index contributed by atoms with van der Waals surface area (Å²) in [6.45, 7) is 1.09. The number of nitrogens with zero attached hydrogens (tertiary/aromatic N) is 1. The van der Waals surface area contributed by atoms with Gasteiger partial charge in [0.25, 0.3) is 0 Å². The molecule has 2 fully saturated rings. The predicted molar refractivity (Wildman–Crippen MR) is 84.9 cm³/mol. The molecule has 19 heavy (non-hydrogen) atoms. The number of hydrogen-bond acceptors (Lipinski definition) is 3. The Morgan fingerprint density at radius 1 is 0.947 bits per heavy atom. The second-order valence-electron chi connectivity index (χ2n) is 6.80. The topological polar surface area (TPSA) is 24.4 Å². The molecule has 1 N–H and O–H groups in total. The van der Waals surface area contributed by atoms with Crippen LogP contribution in [0.25, 0.3) is 0 Å². The van der Waals surface area contributed by atoms with Crippen molar-refractivity contribution in [1.82, 2.24) is 5.32 Å². The smallest absolute Gasteiger partial charge is 0.156 e. The van der Waals surface area contributed by atoms with Gasteiger partial charge in [-0.1, -0.05) is 56.7 Å². The van der Waals surface area contributed by atoms with E-state index < -0.39 is 0 Å². The zero-order valence-corrected chi connectivity index (χ0v) is 12.9. The average molecular weight is 280 g/mol. The summed E-state index contributed by atoms with van der Waals surface area (Å²) in [5.41, 5.74) is 0.580. The molecule has 0 amide bonds. The van der Waals surface area contributed by atoms with E-state index in [1.54, 1.807) is 0 Å². The summed E-state index contributed by atoms with van der Waals surface area (Å²) in [5, 5.41) is 5.00. The molecule has 0 aromatic heterocycles. The number of amidine groups is 1. The highest BCUT2D eigenvalue weighted by Gasteiger charge is 2.36. The van der Waals surface area contributed by atoms with E-state index in [0.717, 1.165) is 6.54 Å². The normalized spacial score (nSPS) is 28.7. The fraction of sp³-hybridized carbons (Fsp3) is 0.938. The quantitative estimate of drug-likeness (QED) is 0.772. The number of aliphatic imine (C=N–C) groups is 1. The lowest BCUT2D eigenvalue weighted by molar-refractivity contribution is 0.357. The Bertz CT molecular complexity index is 313. The van der Waals surface area contributed by atoms with Crippen LogP contribution >= 0.6 is 11.8 Å². The summed E-state index contributed by atoms with van der Waals surface area (Å²) in [5.74, 6) is 1.31. The molecule has 0 aromatic carbocycles. The molecule has 3 rings (SSSR count). The zero-order chi connectivity index (χ0) is 13.0. The highest BCUT2D eigenvalue weighted by molar-refractivity contribution is 8.13. The summed E-state index contributed by atoms with van der Waals surface area (Å²) in [6, 6.07) is 0.698. The third kappa shape index (κ3) is 3.68. The van der Waals surface area contributed by atoms with Crippen LogP contribution in [0.3, 0.4) is 0 Å². The van der Waals surface area contributed by atoms with Crippen LogP contribution in [0.1, 0.15) is 70.6 Å². The van der Waals surface area contributed by atoms with Gasteiger partial charge in [0.05, 0.1) is 0 Å². The molecule has 3 heteroatoms. The number of hydrogen-bond donors (Lipinski definition) is 1. The van der Waals surface area contributed by atoms with Gasteiger partial charge < -0.3 is 5.32 Å². The van der Waals surface area contributed by atoms with Gasteiger partial charge in [-0.15, -0.1) is 0 Å². The third-order valence-electron chi connectivity index (χ3n) is 5.17. The van der Waals surface area contributed by atoms with Crippen molar-refractivity contribution in [2.75, 3.05) is 12.3 Å². The fourth-order valence-electron chi connectivity index (χ4n) is 3.84. The van der Waals surface area contributed by atoms with Crippen molar-refractivity contribution in [3.05, 3.63) is 0 Å². The lowest BCUT2D eigenvalue weighted by Gasteiger charge is -2.32. The van der Waals surface area contributed by atoms with Crippen molar-refractivity contribution < 1.29 is 0 Å². The van der Waals surface area contributed by atoms with Gasteiger partial charge in [-0.25, -0.2) is 0 Å². The lowest BCUT2D eigenvalue weighted by Crippen LogP contribution is -2.38. The van der Waals surface area contributed by atoms with Crippen molar-refractivity contribution in [2.45, 2.75) is 76.7 Å². The number of nitrogens with one attached hydrogen (secondary N) is 1. The fourth-order valence-corrected chi connectivity index (χ4v) is 5.07. The molecular weight excluding hydrogens is 252 g/mol. The van der Waals surface area contributed by atoms with Crippen LogP contribution in [0.5, 0.6) is 0 Å². The van der Waals surface area contributed by atoms with Crippen molar-refractivity contribution in [3.63, 3.8) is 0 Å². The Kier molecular flexibility index (Phi) is 4.73. The predicted octanol–water partition coefficient (Wildman–Crippen LogP) is 4.35. The molecule has 3 aliphatic rings. The van der Waals surface area contributed by atoms with Gasteiger partial charge in [-0.2, -0.15) is 0 Å². The van der Waals surface area contributed by atoms with Crippen LogP contribution < -0.4 is 5.32 Å². The summed E-state index contributed by atoms with van der Waals surface area (Å²) in [7, 11) is 0. The second-order valence-corrected chi connectivity index (χ2v) is 7.77. The maximum Gasteiger partial charge on any atom is 0.156 e. The van der Waals surface area contributed by atoms with Gasteiger partial charge in [-0.3, -0.25) is 4.99 Å². The van der Waals surface area contributed by atoms with Crippen molar-refractivity contribution in [1.29, 1.82) is 0 Å². The van der Waals surface area contributed by atoms with Gasteiger partial charge in [0.1, 0.15) is 0 Å². The van der Waals surface area contributed by atoms with Gasteiger partial charge >= 0.3 is 0 Å². The van der Waals surface area contributed by atoms with Gasteiger partial charge in [0, 0.05) is 18.3 Å². The van der Waals surface area contributed by atoms with Crippen LogP contribution in [0.4, 0.5) is 0 Å². The molecule has 0 unspecified atom stereocenters. The Hall–Kier alpha value is -0.180. The summed E-state index contributed by atoms with van der Waals surface area (Å²) in [4.78, 5) is 4.88. The first-order chi connectivity index (χ1) is 9.36. The largest absolute Gasteiger partial charge is 0.362 e. The Balaban J connectivity index is 1.50. The van der Waals surface area contributed by atoms with E-state index >= 15 is 0 Å². The molecule has 0 radical (unpaired) electrons. The standard InChI is InChI=1S/C16H28N2S/c1-2-4-8-14(9-5-3-1)18-15-17-12-16(13-19-15)10-6-7-11-16/h14H,1-13H2,(H,17,18). The van der Waals surface area contributed by atoms with Crippen LogP contribution in [-0.4, -0.2) is 23.5 Å². The minimum Gasteiger partial charge on any atom is -0.362 e. The van der Waals surface area contributed by atoms with E-state index in [4.69, 9.17) is 4.99 Å². The van der Waals surface area contributed by atoms with Crippen molar-refractivity contribution >= 4 is 16.9 Å². The average Bonchev–Trinajstić information content (AvgIpc) is 2.84. The van der Waals surface area contributed by atoms with E-state index in [1.807, 2.05) is 11.8 Å². The summed E-state index contributed by atoms with van der Waals surface area (Å²) in [6.07, 6.45) is 15.5. The Labute approximate surface area is 122 Å². The molecular formula is C16H28N2S. The highest BCUT2D eigenvalue weighted by Crippen LogP contribution is 2.43. The molecule has 108 valence electrons. The van der Waals surface area contributed by atoms with E-state index in [1.165, 1.54) is 81.5 Å². The Morgan fingerprint density at radius 3 is 2.26 bits per heavy atom. The molecule has 0 aromatic rings. The van der Waals surface area contributed by atoms with Crippen LogP contribution in [-0.2, 0) is 0 Å². The maximum atomic E-state index is 4.88. The first-order valence-electron chi connectivity index (χ1n) is 8.30. The van der Waals surface area contributed by atoms with E-state index in [-0.39, 0.29) is 0 Å². The molecule has 0 saturated heterocycles. The van der Waals surface area contributed by atoms with Crippen LogP contribution in [0.2, 0.25) is 0 Å².